The summed E-state index contributed by atoms with van der Waals surface area (Å²) < 4.78 is 38.4. The molecule has 0 saturated carbocycles. The van der Waals surface area contributed by atoms with Gasteiger partial charge in [0.2, 0.25) is 0 Å². The quantitative estimate of drug-likeness (QED) is 0.862. The molecular weight excluding hydrogens is 317 g/mol. The van der Waals surface area contributed by atoms with E-state index < -0.39 is 11.7 Å². The van der Waals surface area contributed by atoms with E-state index in [2.05, 4.69) is 14.9 Å². The molecule has 0 amide bonds. The number of hydrogen-bond acceptors (Lipinski definition) is 4. The SMILES string of the molecule is Cc1cccnc1CN1CCN(c2cc(C(F)(F)F)ccn2)CC1. The molecule has 7 heteroatoms. The van der Waals surface area contributed by atoms with Gasteiger partial charge in [0.1, 0.15) is 5.82 Å². The second kappa shape index (κ2) is 6.76. The zero-order valence-electron chi connectivity index (χ0n) is 13.4. The van der Waals surface area contributed by atoms with Crippen LogP contribution in [0.2, 0.25) is 0 Å². The standard InChI is InChI=1S/C17H19F3N4/c1-13-3-2-5-21-15(13)12-23-7-9-24(10-8-23)16-11-14(4-6-22-16)17(18,19)20/h2-6,11H,7-10,12H2,1H3. The summed E-state index contributed by atoms with van der Waals surface area (Å²) in [6, 6.07) is 6.07. The number of alkyl halides is 3. The van der Waals surface area contributed by atoms with Gasteiger partial charge in [-0.1, -0.05) is 6.07 Å². The third-order valence-electron chi connectivity index (χ3n) is 4.26. The van der Waals surface area contributed by atoms with Gasteiger partial charge in [-0.15, -0.1) is 0 Å². The number of anilines is 1. The Morgan fingerprint density at radius 1 is 1.04 bits per heavy atom. The number of halogens is 3. The van der Waals surface area contributed by atoms with Crippen LogP contribution in [0.25, 0.3) is 0 Å². The molecule has 4 nitrogen and oxygen atoms in total. The minimum atomic E-state index is -4.34. The highest BCUT2D eigenvalue weighted by Gasteiger charge is 2.31. The fourth-order valence-electron chi connectivity index (χ4n) is 2.80. The van der Waals surface area contributed by atoms with E-state index in [1.54, 1.807) is 6.20 Å². The summed E-state index contributed by atoms with van der Waals surface area (Å²) in [7, 11) is 0. The first-order valence-corrected chi connectivity index (χ1v) is 7.84. The van der Waals surface area contributed by atoms with E-state index in [1.165, 1.54) is 6.20 Å². The fraction of sp³-hybridized carbons (Fsp3) is 0.412. The maximum Gasteiger partial charge on any atom is 0.416 e. The van der Waals surface area contributed by atoms with Gasteiger partial charge in [0.05, 0.1) is 11.3 Å². The summed E-state index contributed by atoms with van der Waals surface area (Å²) in [5.74, 6) is 0.387. The highest BCUT2D eigenvalue weighted by atomic mass is 19.4. The molecule has 1 aliphatic heterocycles. The van der Waals surface area contributed by atoms with Gasteiger partial charge in [0, 0.05) is 45.1 Å². The van der Waals surface area contributed by atoms with Gasteiger partial charge >= 0.3 is 6.18 Å². The van der Waals surface area contributed by atoms with Crippen molar-refractivity contribution in [2.45, 2.75) is 19.6 Å². The Hall–Kier alpha value is -2.15. The molecule has 3 heterocycles. The third-order valence-corrected chi connectivity index (χ3v) is 4.26. The third kappa shape index (κ3) is 3.84. The van der Waals surface area contributed by atoms with Gasteiger partial charge in [0.15, 0.2) is 0 Å². The number of aromatic nitrogens is 2. The lowest BCUT2D eigenvalue weighted by atomic mass is 10.2. The molecule has 0 atom stereocenters. The number of aryl methyl sites for hydroxylation is 1. The van der Waals surface area contributed by atoms with Crippen LogP contribution in [-0.4, -0.2) is 41.0 Å². The van der Waals surface area contributed by atoms with Crippen LogP contribution in [0.5, 0.6) is 0 Å². The fourth-order valence-corrected chi connectivity index (χ4v) is 2.80. The lowest BCUT2D eigenvalue weighted by molar-refractivity contribution is -0.137. The Bertz CT molecular complexity index is 694. The van der Waals surface area contributed by atoms with Crippen molar-refractivity contribution in [1.82, 2.24) is 14.9 Å². The zero-order valence-corrected chi connectivity index (χ0v) is 13.4. The maximum atomic E-state index is 12.8. The van der Waals surface area contributed by atoms with Crippen LogP contribution in [0.3, 0.4) is 0 Å². The first-order valence-electron chi connectivity index (χ1n) is 7.84. The Morgan fingerprint density at radius 2 is 1.79 bits per heavy atom. The molecule has 0 bridgehead atoms. The van der Waals surface area contributed by atoms with Gasteiger partial charge in [-0.25, -0.2) is 4.98 Å². The number of nitrogens with zero attached hydrogens (tertiary/aromatic N) is 4. The molecule has 0 radical (unpaired) electrons. The molecule has 24 heavy (non-hydrogen) atoms. The average Bonchev–Trinajstić information content (AvgIpc) is 2.57. The predicted molar refractivity (Wildman–Crippen MR) is 85.7 cm³/mol. The normalized spacial score (nSPS) is 16.4. The van der Waals surface area contributed by atoms with E-state index in [0.29, 0.717) is 18.9 Å². The van der Waals surface area contributed by atoms with Crippen molar-refractivity contribution < 1.29 is 13.2 Å². The van der Waals surface area contributed by atoms with Gasteiger partial charge in [0.25, 0.3) is 0 Å². The monoisotopic (exact) mass is 336 g/mol. The largest absolute Gasteiger partial charge is 0.416 e. The molecule has 1 fully saturated rings. The van der Waals surface area contributed by atoms with Crippen LogP contribution in [0, 0.1) is 6.92 Å². The van der Waals surface area contributed by atoms with Crippen molar-refractivity contribution in [3.8, 4) is 0 Å². The van der Waals surface area contributed by atoms with E-state index >= 15 is 0 Å². The summed E-state index contributed by atoms with van der Waals surface area (Å²) in [5.41, 5.74) is 1.54. The highest BCUT2D eigenvalue weighted by Crippen LogP contribution is 2.30. The lowest BCUT2D eigenvalue weighted by Gasteiger charge is -2.35. The molecule has 0 unspecified atom stereocenters. The van der Waals surface area contributed by atoms with Crippen LogP contribution in [0.4, 0.5) is 19.0 Å². The first-order chi connectivity index (χ1) is 11.4. The number of pyridine rings is 2. The topological polar surface area (TPSA) is 32.3 Å². The number of hydrogen-bond donors (Lipinski definition) is 0. The van der Waals surface area contributed by atoms with Crippen LogP contribution in [0.1, 0.15) is 16.8 Å². The van der Waals surface area contributed by atoms with Gasteiger partial charge in [-0.3, -0.25) is 9.88 Å². The molecule has 0 aromatic carbocycles. The van der Waals surface area contributed by atoms with Crippen LogP contribution >= 0.6 is 0 Å². The summed E-state index contributed by atoms with van der Waals surface area (Å²) in [6.45, 7) is 5.64. The molecule has 128 valence electrons. The highest BCUT2D eigenvalue weighted by molar-refractivity contribution is 5.42. The summed E-state index contributed by atoms with van der Waals surface area (Å²) in [6.07, 6.45) is -1.33. The molecule has 1 saturated heterocycles. The molecule has 2 aromatic heterocycles. The zero-order chi connectivity index (χ0) is 17.2. The lowest BCUT2D eigenvalue weighted by Crippen LogP contribution is -2.46. The predicted octanol–water partition coefficient (Wildman–Crippen LogP) is 3.13. The van der Waals surface area contributed by atoms with E-state index in [1.807, 2.05) is 24.0 Å². The van der Waals surface area contributed by atoms with Gasteiger partial charge < -0.3 is 4.90 Å². The van der Waals surface area contributed by atoms with Crippen LogP contribution in [0.15, 0.2) is 36.7 Å². The minimum absolute atomic E-state index is 0.387. The van der Waals surface area contributed by atoms with E-state index in [9.17, 15) is 13.2 Å². The second-order valence-electron chi connectivity index (χ2n) is 5.93. The first kappa shape index (κ1) is 16.7. The van der Waals surface area contributed by atoms with Crippen molar-refractivity contribution >= 4 is 5.82 Å². The maximum absolute atomic E-state index is 12.8. The van der Waals surface area contributed by atoms with E-state index in [-0.39, 0.29) is 0 Å². The minimum Gasteiger partial charge on any atom is -0.354 e. The Kier molecular flexibility index (Phi) is 4.71. The summed E-state index contributed by atoms with van der Waals surface area (Å²) in [5, 5.41) is 0. The average molecular weight is 336 g/mol. The van der Waals surface area contributed by atoms with Crippen LogP contribution < -0.4 is 4.90 Å². The molecule has 0 spiro atoms. The smallest absolute Gasteiger partial charge is 0.354 e. The van der Waals surface area contributed by atoms with Crippen molar-refractivity contribution in [2.75, 3.05) is 31.1 Å². The van der Waals surface area contributed by atoms with Crippen molar-refractivity contribution in [1.29, 1.82) is 0 Å². The van der Waals surface area contributed by atoms with Gasteiger partial charge in [-0.2, -0.15) is 13.2 Å². The molecule has 0 aliphatic carbocycles. The van der Waals surface area contributed by atoms with Crippen molar-refractivity contribution in [3.05, 3.63) is 53.5 Å². The molecule has 1 aliphatic rings. The Morgan fingerprint density at radius 3 is 2.46 bits per heavy atom. The second-order valence-corrected chi connectivity index (χ2v) is 5.93. The Labute approximate surface area is 138 Å². The van der Waals surface area contributed by atoms with Crippen molar-refractivity contribution in [3.63, 3.8) is 0 Å². The number of piperazine rings is 1. The van der Waals surface area contributed by atoms with Crippen LogP contribution in [-0.2, 0) is 12.7 Å². The molecule has 3 rings (SSSR count). The molecule has 2 aromatic rings. The molecular formula is C17H19F3N4. The molecule has 0 N–H and O–H groups in total. The summed E-state index contributed by atoms with van der Waals surface area (Å²) in [4.78, 5) is 12.7. The van der Waals surface area contributed by atoms with Crippen molar-refractivity contribution in [2.24, 2.45) is 0 Å². The summed E-state index contributed by atoms with van der Waals surface area (Å²) >= 11 is 0. The Balaban J connectivity index is 1.62. The van der Waals surface area contributed by atoms with E-state index in [4.69, 9.17) is 0 Å². The number of rotatable bonds is 3. The van der Waals surface area contributed by atoms with E-state index in [0.717, 1.165) is 43.0 Å². The van der Waals surface area contributed by atoms with Gasteiger partial charge in [-0.05, 0) is 30.7 Å².